The molecule has 2 fully saturated rings. The van der Waals surface area contributed by atoms with Gasteiger partial charge in [0, 0.05) is 64.5 Å². The molecule has 8 heteroatoms. The minimum absolute atomic E-state index is 0.712. The second-order valence-corrected chi connectivity index (χ2v) is 9.15. The Labute approximate surface area is 202 Å². The number of hydrogen-bond donors (Lipinski definition) is 1. The van der Waals surface area contributed by atoms with E-state index in [-0.39, 0.29) is 0 Å². The average Bonchev–Trinajstić information content (AvgIpc) is 2.90. The number of aromatic nitrogens is 1. The third-order valence-electron chi connectivity index (χ3n) is 6.95. The van der Waals surface area contributed by atoms with Gasteiger partial charge in [0.25, 0.3) is 0 Å². The second kappa shape index (κ2) is 11.2. The van der Waals surface area contributed by atoms with Crippen molar-refractivity contribution in [1.82, 2.24) is 14.8 Å². The van der Waals surface area contributed by atoms with Crippen molar-refractivity contribution in [2.24, 2.45) is 0 Å². The number of fused-ring (bicyclic) bond motifs is 1. The molecule has 180 valence electrons. The van der Waals surface area contributed by atoms with Gasteiger partial charge in [0.05, 0.1) is 32.0 Å². The summed E-state index contributed by atoms with van der Waals surface area (Å²) in [5, 5.41) is 13.6. The smallest absolute Gasteiger partial charge is 0.146 e. The van der Waals surface area contributed by atoms with E-state index in [1.165, 1.54) is 11.1 Å². The Hall–Kier alpha value is -2.70. The van der Waals surface area contributed by atoms with Gasteiger partial charge in [-0.05, 0) is 17.5 Å². The van der Waals surface area contributed by atoms with Crippen molar-refractivity contribution in [2.75, 3.05) is 82.5 Å². The summed E-state index contributed by atoms with van der Waals surface area (Å²) < 4.78 is 11.1. The minimum atomic E-state index is 0.712. The molecule has 8 nitrogen and oxygen atoms in total. The van der Waals surface area contributed by atoms with Gasteiger partial charge >= 0.3 is 0 Å². The highest BCUT2D eigenvalue weighted by molar-refractivity contribution is 5.67. The molecular weight excluding hydrogens is 428 g/mol. The molecule has 3 aliphatic rings. The van der Waals surface area contributed by atoms with Crippen LogP contribution in [0.25, 0.3) is 0 Å². The van der Waals surface area contributed by atoms with Gasteiger partial charge < -0.3 is 19.7 Å². The largest absolute Gasteiger partial charge is 0.379 e. The van der Waals surface area contributed by atoms with Crippen LogP contribution >= 0.6 is 0 Å². The third kappa shape index (κ3) is 5.34. The van der Waals surface area contributed by atoms with Gasteiger partial charge in [0.1, 0.15) is 17.7 Å². The quantitative estimate of drug-likeness (QED) is 0.670. The van der Waals surface area contributed by atoms with E-state index >= 15 is 0 Å². The molecule has 0 saturated carbocycles. The maximum atomic E-state index is 10.1. The van der Waals surface area contributed by atoms with Crippen molar-refractivity contribution in [3.63, 3.8) is 0 Å². The topological polar surface area (TPSA) is 76.9 Å². The van der Waals surface area contributed by atoms with Crippen LogP contribution in [0.4, 0.5) is 11.6 Å². The lowest BCUT2D eigenvalue weighted by molar-refractivity contribution is 0.0398. The SMILES string of the molecule is N#Cc1c(NCCN2CCOCC2)nc(N2CCOCC2)c2c1CCN(Cc1ccccc1)C2. The predicted octanol–water partition coefficient (Wildman–Crippen LogP) is 2.09. The fourth-order valence-corrected chi connectivity index (χ4v) is 5.09. The van der Waals surface area contributed by atoms with Crippen LogP contribution in [0.3, 0.4) is 0 Å². The van der Waals surface area contributed by atoms with E-state index in [2.05, 4.69) is 56.4 Å². The summed E-state index contributed by atoms with van der Waals surface area (Å²) in [5.74, 6) is 1.75. The van der Waals surface area contributed by atoms with Gasteiger partial charge in [-0.25, -0.2) is 4.98 Å². The van der Waals surface area contributed by atoms with Crippen molar-refractivity contribution in [1.29, 1.82) is 5.26 Å². The van der Waals surface area contributed by atoms with Crippen LogP contribution in [0.5, 0.6) is 0 Å². The summed E-state index contributed by atoms with van der Waals surface area (Å²) in [5.41, 5.74) is 4.40. The van der Waals surface area contributed by atoms with E-state index in [9.17, 15) is 5.26 Å². The summed E-state index contributed by atoms with van der Waals surface area (Å²) in [7, 11) is 0. The zero-order valence-corrected chi connectivity index (χ0v) is 19.8. The summed E-state index contributed by atoms with van der Waals surface area (Å²) in [6, 6.07) is 13.1. The van der Waals surface area contributed by atoms with Gasteiger partial charge in [0.2, 0.25) is 0 Å². The Bertz CT molecular complexity index is 997. The molecule has 2 aromatic rings. The zero-order chi connectivity index (χ0) is 23.2. The molecule has 0 spiro atoms. The molecule has 0 bridgehead atoms. The van der Waals surface area contributed by atoms with E-state index in [0.717, 1.165) is 95.7 Å². The first-order valence-corrected chi connectivity index (χ1v) is 12.4. The highest BCUT2D eigenvalue weighted by Gasteiger charge is 2.28. The van der Waals surface area contributed by atoms with Crippen LogP contribution < -0.4 is 10.2 Å². The molecule has 1 aromatic heterocycles. The Morgan fingerprint density at radius 2 is 1.65 bits per heavy atom. The van der Waals surface area contributed by atoms with E-state index in [1.807, 2.05) is 0 Å². The van der Waals surface area contributed by atoms with E-state index in [4.69, 9.17) is 14.5 Å². The average molecular weight is 463 g/mol. The number of benzene rings is 1. The van der Waals surface area contributed by atoms with Crippen molar-refractivity contribution < 1.29 is 9.47 Å². The lowest BCUT2D eigenvalue weighted by atomic mass is 9.94. The van der Waals surface area contributed by atoms with Crippen LogP contribution in [-0.4, -0.2) is 87.0 Å². The maximum absolute atomic E-state index is 10.1. The molecular formula is C26H34N6O2. The summed E-state index contributed by atoms with van der Waals surface area (Å²) in [6.07, 6.45) is 0.864. The fraction of sp³-hybridized carbons (Fsp3) is 0.538. The first kappa shape index (κ1) is 23.1. The second-order valence-electron chi connectivity index (χ2n) is 9.15. The Morgan fingerprint density at radius 3 is 2.38 bits per heavy atom. The van der Waals surface area contributed by atoms with Crippen molar-refractivity contribution in [2.45, 2.75) is 19.5 Å². The van der Waals surface area contributed by atoms with E-state index in [0.29, 0.717) is 18.8 Å². The molecule has 1 N–H and O–H groups in total. The standard InChI is InChI=1S/C26H34N6O2/c27-18-23-22-6-8-31(19-21-4-2-1-3-5-21)20-24(22)26(32-12-16-34-17-13-32)29-25(23)28-7-9-30-10-14-33-15-11-30/h1-5H,6-17,19-20H2,(H,28,29). The van der Waals surface area contributed by atoms with Crippen molar-refractivity contribution >= 4 is 11.6 Å². The first-order valence-electron chi connectivity index (χ1n) is 12.4. The number of anilines is 2. The molecule has 0 radical (unpaired) electrons. The normalized spacial score (nSPS) is 19.4. The number of nitrogens with one attached hydrogen (secondary N) is 1. The maximum Gasteiger partial charge on any atom is 0.146 e. The van der Waals surface area contributed by atoms with E-state index < -0.39 is 0 Å². The predicted molar refractivity (Wildman–Crippen MR) is 132 cm³/mol. The number of pyridine rings is 1. The van der Waals surface area contributed by atoms with E-state index in [1.54, 1.807) is 0 Å². The van der Waals surface area contributed by atoms with Crippen LogP contribution in [0.1, 0.15) is 22.3 Å². The van der Waals surface area contributed by atoms with Crippen LogP contribution in [0.15, 0.2) is 30.3 Å². The lowest BCUT2D eigenvalue weighted by Gasteiger charge is -2.36. The molecule has 5 rings (SSSR count). The first-order chi connectivity index (χ1) is 16.8. The van der Waals surface area contributed by atoms with Gasteiger partial charge in [-0.2, -0.15) is 5.26 Å². The van der Waals surface area contributed by atoms with Crippen LogP contribution in [-0.2, 0) is 29.0 Å². The van der Waals surface area contributed by atoms with Gasteiger partial charge in [-0.1, -0.05) is 30.3 Å². The molecule has 3 aliphatic heterocycles. The minimum Gasteiger partial charge on any atom is -0.379 e. The van der Waals surface area contributed by atoms with Crippen molar-refractivity contribution in [3.05, 3.63) is 52.6 Å². The molecule has 34 heavy (non-hydrogen) atoms. The van der Waals surface area contributed by atoms with Gasteiger partial charge in [-0.15, -0.1) is 0 Å². The molecule has 0 atom stereocenters. The highest BCUT2D eigenvalue weighted by atomic mass is 16.5. The Kier molecular flexibility index (Phi) is 7.56. The number of rotatable bonds is 7. The van der Waals surface area contributed by atoms with Crippen LogP contribution in [0, 0.1) is 11.3 Å². The Morgan fingerprint density at radius 1 is 0.912 bits per heavy atom. The van der Waals surface area contributed by atoms with Crippen molar-refractivity contribution in [3.8, 4) is 6.07 Å². The Balaban J connectivity index is 1.39. The van der Waals surface area contributed by atoms with Gasteiger partial charge in [-0.3, -0.25) is 9.80 Å². The van der Waals surface area contributed by atoms with Crippen LogP contribution in [0.2, 0.25) is 0 Å². The monoisotopic (exact) mass is 462 g/mol. The number of nitriles is 1. The molecule has 2 saturated heterocycles. The zero-order valence-electron chi connectivity index (χ0n) is 19.8. The molecule has 0 aliphatic carbocycles. The van der Waals surface area contributed by atoms with Gasteiger partial charge in [0.15, 0.2) is 0 Å². The summed E-state index contributed by atoms with van der Waals surface area (Å²) in [6.45, 7) is 10.9. The molecule has 1 aromatic carbocycles. The molecule has 0 amide bonds. The number of morpholine rings is 2. The highest BCUT2D eigenvalue weighted by Crippen LogP contribution is 2.34. The summed E-state index contributed by atoms with van der Waals surface area (Å²) >= 11 is 0. The fourth-order valence-electron chi connectivity index (χ4n) is 5.09. The number of ether oxygens (including phenoxy) is 2. The molecule has 0 unspecified atom stereocenters. The number of hydrogen-bond acceptors (Lipinski definition) is 8. The number of nitrogens with zero attached hydrogens (tertiary/aromatic N) is 5. The lowest BCUT2D eigenvalue weighted by Crippen LogP contribution is -2.40. The summed E-state index contributed by atoms with van der Waals surface area (Å²) in [4.78, 5) is 12.3. The molecule has 4 heterocycles. The third-order valence-corrected chi connectivity index (χ3v) is 6.95.